The number of anilines is 2. The molecule has 18 heavy (non-hydrogen) atoms. The summed E-state index contributed by atoms with van der Waals surface area (Å²) in [5.41, 5.74) is 3.59. The van der Waals surface area contributed by atoms with E-state index in [-0.39, 0.29) is 0 Å². The van der Waals surface area contributed by atoms with Crippen molar-refractivity contribution in [2.24, 2.45) is 5.84 Å². The average molecular weight is 253 g/mol. The minimum Gasteiger partial charge on any atom is -0.383 e. The Balaban J connectivity index is 3.03. The standard InChI is InChI=1S/C12H23N5O/c1-5-6-10-14-11(16-13)9(2)12(15-10)17(3)7-8-18-4/h5-8,13H2,1-4H3,(H,14,15,16). The Bertz CT molecular complexity index is 383. The zero-order valence-corrected chi connectivity index (χ0v) is 11.7. The second kappa shape index (κ2) is 7.13. The number of aryl methyl sites for hydroxylation is 1. The quantitative estimate of drug-likeness (QED) is 0.560. The predicted octanol–water partition coefficient (Wildman–Crippen LogP) is 1.11. The highest BCUT2D eigenvalue weighted by Gasteiger charge is 2.13. The second-order valence-electron chi connectivity index (χ2n) is 4.25. The molecule has 1 heterocycles. The third-order valence-corrected chi connectivity index (χ3v) is 2.77. The molecule has 6 nitrogen and oxygen atoms in total. The molecule has 1 aromatic rings. The van der Waals surface area contributed by atoms with Crippen LogP contribution in [0.5, 0.6) is 0 Å². The Kier molecular flexibility index (Phi) is 5.80. The van der Waals surface area contributed by atoms with Gasteiger partial charge in [0.1, 0.15) is 17.5 Å². The van der Waals surface area contributed by atoms with Gasteiger partial charge in [-0.1, -0.05) is 6.92 Å². The first kappa shape index (κ1) is 14.7. The van der Waals surface area contributed by atoms with E-state index >= 15 is 0 Å². The van der Waals surface area contributed by atoms with Crippen LogP contribution < -0.4 is 16.2 Å². The number of nitrogens with one attached hydrogen (secondary N) is 1. The van der Waals surface area contributed by atoms with Gasteiger partial charge < -0.3 is 15.1 Å². The highest BCUT2D eigenvalue weighted by molar-refractivity contribution is 5.57. The van der Waals surface area contributed by atoms with Gasteiger partial charge in [0, 0.05) is 32.7 Å². The number of nitrogen functional groups attached to an aromatic ring is 1. The lowest BCUT2D eigenvalue weighted by Gasteiger charge is -2.21. The lowest BCUT2D eigenvalue weighted by molar-refractivity contribution is 0.206. The molecule has 0 aliphatic carbocycles. The Morgan fingerprint density at radius 1 is 1.39 bits per heavy atom. The first-order valence-electron chi connectivity index (χ1n) is 6.18. The summed E-state index contributed by atoms with van der Waals surface area (Å²) in [4.78, 5) is 11.0. The third kappa shape index (κ3) is 3.54. The zero-order chi connectivity index (χ0) is 13.5. The Morgan fingerprint density at radius 3 is 2.67 bits per heavy atom. The fourth-order valence-corrected chi connectivity index (χ4v) is 1.73. The van der Waals surface area contributed by atoms with Crippen molar-refractivity contribution < 1.29 is 4.74 Å². The maximum Gasteiger partial charge on any atom is 0.148 e. The highest BCUT2D eigenvalue weighted by atomic mass is 16.5. The van der Waals surface area contributed by atoms with Crippen molar-refractivity contribution in [1.29, 1.82) is 0 Å². The van der Waals surface area contributed by atoms with Crippen LogP contribution in [0, 0.1) is 6.92 Å². The predicted molar refractivity (Wildman–Crippen MR) is 73.7 cm³/mol. The molecule has 0 unspecified atom stereocenters. The summed E-state index contributed by atoms with van der Waals surface area (Å²) in [5, 5.41) is 0. The average Bonchev–Trinajstić information content (AvgIpc) is 2.38. The maximum absolute atomic E-state index is 5.50. The van der Waals surface area contributed by atoms with Gasteiger partial charge in [-0.3, -0.25) is 0 Å². The molecule has 1 aromatic heterocycles. The van der Waals surface area contributed by atoms with Crippen LogP contribution in [-0.4, -0.2) is 37.3 Å². The topological polar surface area (TPSA) is 76.3 Å². The van der Waals surface area contributed by atoms with E-state index < -0.39 is 0 Å². The molecule has 0 aromatic carbocycles. The number of hydrazine groups is 1. The van der Waals surface area contributed by atoms with Crippen LogP contribution in [0.25, 0.3) is 0 Å². The fraction of sp³-hybridized carbons (Fsp3) is 0.667. The molecule has 0 fully saturated rings. The van der Waals surface area contributed by atoms with Crippen molar-refractivity contribution in [3.63, 3.8) is 0 Å². The number of ether oxygens (including phenoxy) is 1. The molecule has 3 N–H and O–H groups in total. The summed E-state index contributed by atoms with van der Waals surface area (Å²) in [7, 11) is 3.68. The summed E-state index contributed by atoms with van der Waals surface area (Å²) in [6.45, 7) is 5.51. The van der Waals surface area contributed by atoms with Crippen LogP contribution in [-0.2, 0) is 11.2 Å². The number of nitrogens with zero attached hydrogens (tertiary/aromatic N) is 3. The Hall–Kier alpha value is -1.40. The maximum atomic E-state index is 5.50. The van der Waals surface area contributed by atoms with Gasteiger partial charge in [-0.05, 0) is 13.3 Å². The summed E-state index contributed by atoms with van der Waals surface area (Å²) >= 11 is 0. The summed E-state index contributed by atoms with van der Waals surface area (Å²) < 4.78 is 5.08. The van der Waals surface area contributed by atoms with Crippen LogP contribution in [0.1, 0.15) is 24.7 Å². The van der Waals surface area contributed by atoms with Crippen LogP contribution in [0.3, 0.4) is 0 Å². The minimum atomic E-state index is 0.661. The van der Waals surface area contributed by atoms with Gasteiger partial charge in [-0.2, -0.15) is 0 Å². The number of methoxy groups -OCH3 is 1. The molecule has 0 aliphatic rings. The highest BCUT2D eigenvalue weighted by Crippen LogP contribution is 2.22. The number of hydrogen-bond donors (Lipinski definition) is 2. The fourth-order valence-electron chi connectivity index (χ4n) is 1.73. The van der Waals surface area contributed by atoms with Gasteiger partial charge in [0.05, 0.1) is 6.61 Å². The van der Waals surface area contributed by atoms with E-state index in [4.69, 9.17) is 10.6 Å². The van der Waals surface area contributed by atoms with E-state index in [1.807, 2.05) is 14.0 Å². The van der Waals surface area contributed by atoms with Crippen LogP contribution >= 0.6 is 0 Å². The summed E-state index contributed by atoms with van der Waals surface area (Å²) in [5.74, 6) is 7.91. The molecule has 0 bridgehead atoms. The van der Waals surface area contributed by atoms with Crippen LogP contribution in [0.2, 0.25) is 0 Å². The number of likely N-dealkylation sites (N-methyl/N-ethyl adjacent to an activating group) is 1. The van der Waals surface area contributed by atoms with Gasteiger partial charge in [-0.25, -0.2) is 15.8 Å². The van der Waals surface area contributed by atoms with E-state index in [0.29, 0.717) is 12.4 Å². The van der Waals surface area contributed by atoms with Gasteiger partial charge in [0.2, 0.25) is 0 Å². The van der Waals surface area contributed by atoms with Gasteiger partial charge in [-0.15, -0.1) is 0 Å². The lowest BCUT2D eigenvalue weighted by Crippen LogP contribution is -2.25. The zero-order valence-electron chi connectivity index (χ0n) is 11.7. The molecule has 0 spiro atoms. The molecule has 0 saturated heterocycles. The molecule has 102 valence electrons. The third-order valence-electron chi connectivity index (χ3n) is 2.77. The molecule has 1 rings (SSSR count). The molecular formula is C12H23N5O. The second-order valence-corrected chi connectivity index (χ2v) is 4.25. The molecule has 6 heteroatoms. The Morgan fingerprint density at radius 2 is 2.11 bits per heavy atom. The minimum absolute atomic E-state index is 0.661. The molecule has 0 atom stereocenters. The number of aromatic nitrogens is 2. The molecule has 0 amide bonds. The van der Waals surface area contributed by atoms with E-state index in [1.165, 1.54) is 0 Å². The number of rotatable bonds is 7. The van der Waals surface area contributed by atoms with E-state index in [0.717, 1.165) is 36.6 Å². The van der Waals surface area contributed by atoms with Crippen molar-refractivity contribution in [2.75, 3.05) is 37.6 Å². The molecule has 0 saturated carbocycles. The van der Waals surface area contributed by atoms with E-state index in [9.17, 15) is 0 Å². The SMILES string of the molecule is CCCc1nc(NN)c(C)c(N(C)CCOC)n1. The normalized spacial score (nSPS) is 10.5. The van der Waals surface area contributed by atoms with Crippen molar-refractivity contribution in [3.8, 4) is 0 Å². The lowest BCUT2D eigenvalue weighted by atomic mass is 10.2. The first-order valence-corrected chi connectivity index (χ1v) is 6.18. The van der Waals surface area contributed by atoms with Crippen LogP contribution in [0.4, 0.5) is 11.6 Å². The van der Waals surface area contributed by atoms with Crippen LogP contribution in [0.15, 0.2) is 0 Å². The summed E-state index contributed by atoms with van der Waals surface area (Å²) in [6, 6.07) is 0. The van der Waals surface area contributed by atoms with Crippen molar-refractivity contribution in [1.82, 2.24) is 9.97 Å². The molecule has 0 radical (unpaired) electrons. The largest absolute Gasteiger partial charge is 0.383 e. The van der Waals surface area contributed by atoms with Crippen molar-refractivity contribution in [3.05, 3.63) is 11.4 Å². The summed E-state index contributed by atoms with van der Waals surface area (Å²) in [6.07, 6.45) is 1.86. The van der Waals surface area contributed by atoms with Gasteiger partial charge >= 0.3 is 0 Å². The smallest absolute Gasteiger partial charge is 0.148 e. The van der Waals surface area contributed by atoms with E-state index in [1.54, 1.807) is 7.11 Å². The van der Waals surface area contributed by atoms with Crippen molar-refractivity contribution in [2.45, 2.75) is 26.7 Å². The molecular weight excluding hydrogens is 230 g/mol. The monoisotopic (exact) mass is 253 g/mol. The first-order chi connectivity index (χ1) is 8.63. The number of nitrogens with two attached hydrogens (primary N) is 1. The van der Waals surface area contributed by atoms with Gasteiger partial charge in [0.25, 0.3) is 0 Å². The van der Waals surface area contributed by atoms with Gasteiger partial charge in [0.15, 0.2) is 0 Å². The number of hydrogen-bond acceptors (Lipinski definition) is 6. The Labute approximate surface area is 109 Å². The van der Waals surface area contributed by atoms with Crippen molar-refractivity contribution >= 4 is 11.6 Å². The molecule has 0 aliphatic heterocycles. The van der Waals surface area contributed by atoms with E-state index in [2.05, 4.69) is 27.2 Å².